The Labute approximate surface area is 129 Å². The average molecular weight is 307 g/mol. The van der Waals surface area contributed by atoms with Crippen molar-refractivity contribution in [1.82, 2.24) is 4.90 Å². The highest BCUT2D eigenvalue weighted by atomic mass is 16.6. The molecule has 6 heteroatoms. The molecule has 2 rings (SSSR count). The molecule has 1 aliphatic heterocycles. The lowest BCUT2D eigenvalue weighted by atomic mass is 10.0. The largest absolute Gasteiger partial charge is 0.447 e. The zero-order chi connectivity index (χ0) is 16.1. The van der Waals surface area contributed by atoms with E-state index in [-0.39, 0.29) is 12.6 Å². The molecule has 0 unspecified atom stereocenters. The number of para-hydroxylation sites is 1. The van der Waals surface area contributed by atoms with Crippen molar-refractivity contribution in [2.45, 2.75) is 44.9 Å². The highest BCUT2D eigenvalue weighted by molar-refractivity contribution is 5.83. The van der Waals surface area contributed by atoms with Gasteiger partial charge in [-0.2, -0.15) is 0 Å². The number of carbonyl (C=O) groups excluding carboxylic acids is 2. The van der Waals surface area contributed by atoms with Crippen LogP contribution in [0.2, 0.25) is 0 Å². The highest BCUT2D eigenvalue weighted by Gasteiger charge is 2.37. The number of rotatable bonds is 3. The molecular formula is C16H21NO5. The predicted molar refractivity (Wildman–Crippen MR) is 79.4 cm³/mol. The summed E-state index contributed by atoms with van der Waals surface area (Å²) in [5.74, 6) is -0.0883. The number of aliphatic hydroxyl groups excluding tert-OH is 1. The molecule has 1 fully saturated rings. The Bertz CT molecular complexity index is 517. The lowest BCUT2D eigenvalue weighted by molar-refractivity contribution is -0.142. The number of β-amino-alcohol motifs (C(OH)–C–C–N with tert-alkyl or cyclic N) is 1. The van der Waals surface area contributed by atoms with E-state index in [2.05, 4.69) is 0 Å². The molecule has 1 N–H and O–H groups in total. The smallest absolute Gasteiger partial charge is 0.410 e. The van der Waals surface area contributed by atoms with Crippen molar-refractivity contribution in [3.8, 4) is 5.75 Å². The number of hydrogen-bond acceptors (Lipinski definition) is 5. The van der Waals surface area contributed by atoms with Crippen LogP contribution in [0, 0.1) is 0 Å². The number of likely N-dealkylation sites (tertiary alicyclic amines) is 1. The number of ether oxygens (including phenoxy) is 2. The van der Waals surface area contributed by atoms with Crippen molar-refractivity contribution in [3.63, 3.8) is 0 Å². The molecule has 1 aromatic carbocycles. The quantitative estimate of drug-likeness (QED) is 0.682. The Kier molecular flexibility index (Phi) is 5.38. The molecule has 22 heavy (non-hydrogen) atoms. The first-order valence-electron chi connectivity index (χ1n) is 7.39. The number of esters is 1. The van der Waals surface area contributed by atoms with Gasteiger partial charge < -0.3 is 14.6 Å². The van der Waals surface area contributed by atoms with Crippen LogP contribution in [0.5, 0.6) is 5.75 Å². The number of carbonyl (C=O) groups is 2. The van der Waals surface area contributed by atoms with Crippen LogP contribution in [-0.4, -0.2) is 46.9 Å². The molecule has 0 aromatic heterocycles. The second-order valence-corrected chi connectivity index (χ2v) is 5.57. The lowest BCUT2D eigenvalue weighted by Crippen LogP contribution is -2.53. The van der Waals surface area contributed by atoms with Gasteiger partial charge in [-0.1, -0.05) is 18.2 Å². The summed E-state index contributed by atoms with van der Waals surface area (Å²) in [6.45, 7) is 3.53. The second-order valence-electron chi connectivity index (χ2n) is 5.57. The van der Waals surface area contributed by atoms with Gasteiger partial charge in [-0.3, -0.25) is 4.90 Å². The van der Waals surface area contributed by atoms with Crippen molar-refractivity contribution in [2.75, 3.05) is 6.54 Å². The normalized spacial score (nSPS) is 21.5. The van der Waals surface area contributed by atoms with Crippen molar-refractivity contribution in [1.29, 1.82) is 0 Å². The predicted octanol–water partition coefficient (Wildman–Crippen LogP) is 1.96. The Morgan fingerprint density at radius 2 is 1.91 bits per heavy atom. The number of amides is 1. The van der Waals surface area contributed by atoms with Gasteiger partial charge in [-0.15, -0.1) is 0 Å². The van der Waals surface area contributed by atoms with Gasteiger partial charge in [-0.05, 0) is 38.8 Å². The van der Waals surface area contributed by atoms with Crippen LogP contribution in [0.3, 0.4) is 0 Å². The fraction of sp³-hybridized carbons (Fsp3) is 0.500. The van der Waals surface area contributed by atoms with E-state index in [9.17, 15) is 14.7 Å². The zero-order valence-corrected chi connectivity index (χ0v) is 12.8. The SMILES string of the molecule is CC(C)OC(=O)N1C[C@H](O)CC[C@H]1C(=O)Oc1ccccc1. The number of piperidine rings is 1. The standard InChI is InChI=1S/C16H21NO5/c1-11(2)21-16(20)17-10-12(18)8-9-14(17)15(19)22-13-6-4-3-5-7-13/h3-7,11-12,14,18H,8-10H2,1-2H3/t12-,14+/m1/s1. The van der Waals surface area contributed by atoms with E-state index in [0.29, 0.717) is 18.6 Å². The summed E-state index contributed by atoms with van der Waals surface area (Å²) in [6, 6.07) is 7.95. The summed E-state index contributed by atoms with van der Waals surface area (Å²) in [4.78, 5) is 25.7. The summed E-state index contributed by atoms with van der Waals surface area (Å²) in [5, 5.41) is 9.75. The Balaban J connectivity index is 2.08. The molecule has 1 saturated heterocycles. The van der Waals surface area contributed by atoms with Crippen molar-refractivity contribution < 1.29 is 24.2 Å². The first-order valence-corrected chi connectivity index (χ1v) is 7.39. The molecule has 2 atom stereocenters. The van der Waals surface area contributed by atoms with Gasteiger partial charge in [0.25, 0.3) is 0 Å². The highest BCUT2D eigenvalue weighted by Crippen LogP contribution is 2.21. The van der Waals surface area contributed by atoms with Crippen molar-refractivity contribution in [2.24, 2.45) is 0 Å². The first-order chi connectivity index (χ1) is 10.5. The van der Waals surface area contributed by atoms with Gasteiger partial charge in [0.2, 0.25) is 0 Å². The minimum Gasteiger partial charge on any atom is -0.447 e. The van der Waals surface area contributed by atoms with Gasteiger partial charge in [-0.25, -0.2) is 9.59 Å². The van der Waals surface area contributed by atoms with E-state index in [1.807, 2.05) is 6.07 Å². The summed E-state index contributed by atoms with van der Waals surface area (Å²) in [6.07, 6.45) is -0.762. The topological polar surface area (TPSA) is 76.1 Å². The van der Waals surface area contributed by atoms with Crippen molar-refractivity contribution >= 4 is 12.1 Å². The van der Waals surface area contributed by atoms with E-state index in [1.165, 1.54) is 4.90 Å². The third-order valence-electron chi connectivity index (χ3n) is 3.36. The molecule has 0 radical (unpaired) electrons. The van der Waals surface area contributed by atoms with Gasteiger partial charge in [0.1, 0.15) is 11.8 Å². The third kappa shape index (κ3) is 4.21. The number of benzene rings is 1. The summed E-state index contributed by atoms with van der Waals surface area (Å²) in [5.41, 5.74) is 0. The molecule has 1 aromatic rings. The van der Waals surface area contributed by atoms with Gasteiger partial charge in [0, 0.05) is 0 Å². The minimum absolute atomic E-state index is 0.0696. The maximum atomic E-state index is 12.3. The Morgan fingerprint density at radius 3 is 2.55 bits per heavy atom. The van der Waals surface area contributed by atoms with Crippen LogP contribution < -0.4 is 4.74 Å². The Morgan fingerprint density at radius 1 is 1.23 bits per heavy atom. The minimum atomic E-state index is -0.741. The molecule has 6 nitrogen and oxygen atoms in total. The number of nitrogens with zero attached hydrogens (tertiary/aromatic N) is 1. The maximum absolute atomic E-state index is 12.3. The van der Waals surface area contributed by atoms with E-state index in [0.717, 1.165) is 0 Å². The van der Waals surface area contributed by atoms with Crippen LogP contribution in [0.4, 0.5) is 4.79 Å². The fourth-order valence-electron chi connectivity index (χ4n) is 2.34. The molecule has 1 amide bonds. The fourth-order valence-corrected chi connectivity index (χ4v) is 2.34. The van der Waals surface area contributed by atoms with Gasteiger partial charge >= 0.3 is 12.1 Å². The molecule has 120 valence electrons. The average Bonchev–Trinajstić information content (AvgIpc) is 2.47. The molecule has 0 spiro atoms. The monoisotopic (exact) mass is 307 g/mol. The first kappa shape index (κ1) is 16.3. The van der Waals surface area contributed by atoms with Crippen LogP contribution in [-0.2, 0) is 9.53 Å². The maximum Gasteiger partial charge on any atom is 0.410 e. The van der Waals surface area contributed by atoms with Crippen LogP contribution >= 0.6 is 0 Å². The van der Waals surface area contributed by atoms with E-state index in [4.69, 9.17) is 9.47 Å². The van der Waals surface area contributed by atoms with E-state index in [1.54, 1.807) is 38.1 Å². The molecule has 1 heterocycles. The number of hydrogen-bond donors (Lipinski definition) is 1. The molecule has 1 aliphatic rings. The molecule has 0 saturated carbocycles. The third-order valence-corrected chi connectivity index (χ3v) is 3.36. The zero-order valence-electron chi connectivity index (χ0n) is 12.8. The van der Waals surface area contributed by atoms with Crippen LogP contribution in [0.25, 0.3) is 0 Å². The molecular weight excluding hydrogens is 286 g/mol. The number of aliphatic hydroxyl groups is 1. The lowest BCUT2D eigenvalue weighted by Gasteiger charge is -2.35. The van der Waals surface area contributed by atoms with E-state index < -0.39 is 24.2 Å². The van der Waals surface area contributed by atoms with Crippen molar-refractivity contribution in [3.05, 3.63) is 30.3 Å². The van der Waals surface area contributed by atoms with Crippen LogP contribution in [0.15, 0.2) is 30.3 Å². The molecule has 0 aliphatic carbocycles. The van der Waals surface area contributed by atoms with Crippen LogP contribution in [0.1, 0.15) is 26.7 Å². The summed E-state index contributed by atoms with van der Waals surface area (Å²) in [7, 11) is 0. The second kappa shape index (κ2) is 7.26. The summed E-state index contributed by atoms with van der Waals surface area (Å²) >= 11 is 0. The Hall–Kier alpha value is -2.08. The van der Waals surface area contributed by atoms with E-state index >= 15 is 0 Å². The van der Waals surface area contributed by atoms with Gasteiger partial charge in [0.15, 0.2) is 0 Å². The van der Waals surface area contributed by atoms with Gasteiger partial charge in [0.05, 0.1) is 18.8 Å². The summed E-state index contributed by atoms with van der Waals surface area (Å²) < 4.78 is 10.4. The molecule has 0 bridgehead atoms.